The van der Waals surface area contributed by atoms with Crippen molar-refractivity contribution in [3.05, 3.63) is 29.8 Å². The van der Waals surface area contributed by atoms with Crippen LogP contribution in [0.15, 0.2) is 24.3 Å². The Labute approximate surface area is 109 Å². The zero-order valence-electron chi connectivity index (χ0n) is 11.2. The van der Waals surface area contributed by atoms with Gasteiger partial charge >= 0.3 is 0 Å². The summed E-state index contributed by atoms with van der Waals surface area (Å²) in [7, 11) is 0. The monoisotopic (exact) mass is 243 g/mol. The second-order valence-electron chi connectivity index (χ2n) is 5.53. The van der Waals surface area contributed by atoms with Gasteiger partial charge in [0.2, 0.25) is 0 Å². The molecule has 3 nitrogen and oxygen atoms in total. The van der Waals surface area contributed by atoms with Crippen LogP contribution in [0.5, 0.6) is 0 Å². The first kappa shape index (κ1) is 12.9. The highest BCUT2D eigenvalue weighted by atomic mass is 15.2. The molecule has 2 rings (SSSR count). The first-order valence-corrected chi connectivity index (χ1v) is 6.57. The van der Waals surface area contributed by atoms with Crippen molar-refractivity contribution in [3.8, 4) is 6.07 Å². The largest absolute Gasteiger partial charge is 0.366 e. The van der Waals surface area contributed by atoms with Gasteiger partial charge in [-0.15, -0.1) is 0 Å². The molecule has 3 heteroatoms. The number of hydrogen-bond donors (Lipinski definition) is 1. The van der Waals surface area contributed by atoms with Gasteiger partial charge in [-0.25, -0.2) is 0 Å². The fraction of sp³-hybridized carbons (Fsp3) is 0.533. The molecule has 1 atom stereocenters. The highest BCUT2D eigenvalue weighted by Crippen LogP contribution is 2.39. The van der Waals surface area contributed by atoms with E-state index in [1.165, 1.54) is 12.1 Å². The molecule has 0 amide bonds. The predicted octanol–water partition coefficient (Wildman–Crippen LogP) is 2.51. The van der Waals surface area contributed by atoms with Crippen LogP contribution in [0.25, 0.3) is 0 Å². The Hall–Kier alpha value is -1.53. The summed E-state index contributed by atoms with van der Waals surface area (Å²) < 4.78 is 0. The Morgan fingerprint density at radius 1 is 1.39 bits per heavy atom. The van der Waals surface area contributed by atoms with Gasteiger partial charge in [0.1, 0.15) is 0 Å². The number of hydrogen-bond acceptors (Lipinski definition) is 3. The lowest BCUT2D eigenvalue weighted by molar-refractivity contribution is 0.349. The smallest absolute Gasteiger partial charge is 0.0991 e. The Balaban J connectivity index is 2.21. The van der Waals surface area contributed by atoms with E-state index in [1.54, 1.807) is 0 Å². The molecule has 1 fully saturated rings. The normalized spacial score (nSPS) is 21.9. The maximum absolute atomic E-state index is 8.83. The number of nitrogens with zero attached hydrogens (tertiary/aromatic N) is 2. The van der Waals surface area contributed by atoms with Crippen LogP contribution in [0, 0.1) is 17.2 Å². The van der Waals surface area contributed by atoms with Crippen LogP contribution >= 0.6 is 0 Å². The van der Waals surface area contributed by atoms with Crippen molar-refractivity contribution in [1.29, 1.82) is 5.26 Å². The summed E-state index contributed by atoms with van der Waals surface area (Å²) in [4.78, 5) is 2.44. The molecule has 1 aliphatic rings. The number of nitriles is 1. The average Bonchev–Trinajstić information content (AvgIpc) is 2.66. The molecule has 0 aromatic heterocycles. The maximum Gasteiger partial charge on any atom is 0.0991 e. The van der Waals surface area contributed by atoms with E-state index in [0.29, 0.717) is 11.5 Å². The van der Waals surface area contributed by atoms with Crippen LogP contribution in [0.4, 0.5) is 5.69 Å². The summed E-state index contributed by atoms with van der Waals surface area (Å²) in [6.07, 6.45) is 2.28. The third kappa shape index (κ3) is 2.21. The molecule has 0 saturated carbocycles. The SMILES string of the molecule is CC1(C)C(CCN)CCN1c1ccc(C#N)cc1. The minimum absolute atomic E-state index is 0.146. The molecule has 2 N–H and O–H groups in total. The molecule has 1 unspecified atom stereocenters. The van der Waals surface area contributed by atoms with Crippen molar-refractivity contribution in [1.82, 2.24) is 0 Å². The topological polar surface area (TPSA) is 53.0 Å². The lowest BCUT2D eigenvalue weighted by atomic mass is 9.85. The number of nitrogens with two attached hydrogens (primary N) is 1. The molecule has 1 heterocycles. The molecule has 0 bridgehead atoms. The van der Waals surface area contributed by atoms with Crippen molar-refractivity contribution in [2.75, 3.05) is 18.0 Å². The molecular weight excluding hydrogens is 222 g/mol. The molecule has 0 radical (unpaired) electrons. The van der Waals surface area contributed by atoms with Gasteiger partial charge in [0.05, 0.1) is 11.6 Å². The summed E-state index contributed by atoms with van der Waals surface area (Å²) in [6, 6.07) is 10.0. The van der Waals surface area contributed by atoms with Gasteiger partial charge in [-0.2, -0.15) is 5.26 Å². The zero-order chi connectivity index (χ0) is 13.2. The van der Waals surface area contributed by atoms with E-state index >= 15 is 0 Å². The van der Waals surface area contributed by atoms with Crippen molar-refractivity contribution >= 4 is 5.69 Å². The Morgan fingerprint density at radius 2 is 2.06 bits per heavy atom. The van der Waals surface area contributed by atoms with E-state index < -0.39 is 0 Å². The van der Waals surface area contributed by atoms with Crippen LogP contribution < -0.4 is 10.6 Å². The van der Waals surface area contributed by atoms with E-state index in [9.17, 15) is 0 Å². The van der Waals surface area contributed by atoms with Crippen molar-refractivity contribution in [3.63, 3.8) is 0 Å². The molecule has 1 aromatic rings. The van der Waals surface area contributed by atoms with Crippen LogP contribution in [0.3, 0.4) is 0 Å². The Kier molecular flexibility index (Phi) is 3.58. The van der Waals surface area contributed by atoms with Gasteiger partial charge in [0.15, 0.2) is 0 Å². The minimum atomic E-state index is 0.146. The summed E-state index contributed by atoms with van der Waals surface area (Å²) in [5.41, 5.74) is 7.77. The van der Waals surface area contributed by atoms with Crippen molar-refractivity contribution in [2.24, 2.45) is 11.7 Å². The van der Waals surface area contributed by atoms with E-state index in [4.69, 9.17) is 11.0 Å². The third-order valence-electron chi connectivity index (χ3n) is 4.22. The summed E-state index contributed by atoms with van der Waals surface area (Å²) in [5.74, 6) is 0.651. The molecule has 1 aliphatic heterocycles. The molecule has 1 saturated heterocycles. The second-order valence-corrected chi connectivity index (χ2v) is 5.53. The fourth-order valence-electron chi connectivity index (χ4n) is 3.02. The first-order valence-electron chi connectivity index (χ1n) is 6.57. The van der Waals surface area contributed by atoms with Gasteiger partial charge in [-0.1, -0.05) is 0 Å². The standard InChI is InChI=1S/C15H21N3/c1-15(2)13(7-9-16)8-10-18(15)14-5-3-12(11-17)4-6-14/h3-6,13H,7-10,16H2,1-2H3. The fourth-order valence-corrected chi connectivity index (χ4v) is 3.02. The van der Waals surface area contributed by atoms with E-state index in [-0.39, 0.29) is 5.54 Å². The molecular formula is C15H21N3. The molecule has 96 valence electrons. The minimum Gasteiger partial charge on any atom is -0.366 e. The molecule has 0 aliphatic carbocycles. The van der Waals surface area contributed by atoms with Gasteiger partial charge in [0.25, 0.3) is 0 Å². The van der Waals surface area contributed by atoms with Gasteiger partial charge < -0.3 is 10.6 Å². The Morgan fingerprint density at radius 3 is 2.61 bits per heavy atom. The third-order valence-corrected chi connectivity index (χ3v) is 4.22. The second kappa shape index (κ2) is 4.99. The highest BCUT2D eigenvalue weighted by Gasteiger charge is 2.40. The summed E-state index contributed by atoms with van der Waals surface area (Å²) in [6.45, 7) is 6.41. The van der Waals surface area contributed by atoms with E-state index in [2.05, 4.69) is 24.8 Å². The van der Waals surface area contributed by atoms with E-state index in [0.717, 1.165) is 19.5 Å². The van der Waals surface area contributed by atoms with Crippen LogP contribution in [0.2, 0.25) is 0 Å². The Bertz CT molecular complexity index is 442. The summed E-state index contributed by atoms with van der Waals surface area (Å²) >= 11 is 0. The molecule has 18 heavy (non-hydrogen) atoms. The lowest BCUT2D eigenvalue weighted by Gasteiger charge is -2.37. The van der Waals surface area contributed by atoms with E-state index in [1.807, 2.05) is 24.3 Å². The lowest BCUT2D eigenvalue weighted by Crippen LogP contribution is -2.43. The maximum atomic E-state index is 8.83. The van der Waals surface area contributed by atoms with Crippen LogP contribution in [0.1, 0.15) is 32.3 Å². The van der Waals surface area contributed by atoms with Crippen LogP contribution in [-0.4, -0.2) is 18.6 Å². The van der Waals surface area contributed by atoms with Gasteiger partial charge in [0, 0.05) is 17.8 Å². The summed E-state index contributed by atoms with van der Waals surface area (Å²) in [5, 5.41) is 8.83. The highest BCUT2D eigenvalue weighted by molar-refractivity contribution is 5.52. The predicted molar refractivity (Wildman–Crippen MR) is 74.4 cm³/mol. The average molecular weight is 243 g/mol. The van der Waals surface area contributed by atoms with Gasteiger partial charge in [-0.3, -0.25) is 0 Å². The first-order chi connectivity index (χ1) is 8.59. The van der Waals surface area contributed by atoms with Crippen molar-refractivity contribution < 1.29 is 0 Å². The number of rotatable bonds is 3. The van der Waals surface area contributed by atoms with Gasteiger partial charge in [-0.05, 0) is 63.4 Å². The molecule has 0 spiro atoms. The zero-order valence-corrected chi connectivity index (χ0v) is 11.2. The number of anilines is 1. The van der Waals surface area contributed by atoms with Crippen molar-refractivity contribution in [2.45, 2.75) is 32.2 Å². The number of benzene rings is 1. The molecule has 1 aromatic carbocycles. The quantitative estimate of drug-likeness (QED) is 0.887. The van der Waals surface area contributed by atoms with Crippen LogP contribution in [-0.2, 0) is 0 Å².